The standard InChI is InChI=1S/C14H18N4/c1-10-7-14(16-8-13(10)15)18(3)9-12-6-4-5-11(2)17-12/h4-8H,9,15H2,1-3H3. The Hall–Kier alpha value is -2.10. The summed E-state index contributed by atoms with van der Waals surface area (Å²) in [6.07, 6.45) is 1.70. The van der Waals surface area contributed by atoms with Crippen molar-refractivity contribution in [1.29, 1.82) is 0 Å². The van der Waals surface area contributed by atoms with Gasteiger partial charge >= 0.3 is 0 Å². The maximum Gasteiger partial charge on any atom is 0.128 e. The van der Waals surface area contributed by atoms with Crippen LogP contribution in [0.2, 0.25) is 0 Å². The van der Waals surface area contributed by atoms with Crippen LogP contribution in [0.15, 0.2) is 30.5 Å². The summed E-state index contributed by atoms with van der Waals surface area (Å²) in [5, 5.41) is 0. The SMILES string of the molecule is Cc1cccc(CN(C)c2cc(C)c(N)cn2)n1. The average molecular weight is 242 g/mol. The number of nitrogen functional groups attached to an aromatic ring is 1. The van der Waals surface area contributed by atoms with Crippen LogP contribution in [0, 0.1) is 13.8 Å². The molecule has 18 heavy (non-hydrogen) atoms. The molecule has 2 N–H and O–H groups in total. The first-order valence-electron chi connectivity index (χ1n) is 5.92. The van der Waals surface area contributed by atoms with E-state index < -0.39 is 0 Å². The van der Waals surface area contributed by atoms with Gasteiger partial charge in [-0.1, -0.05) is 6.07 Å². The molecule has 0 saturated carbocycles. The third-order valence-electron chi connectivity index (χ3n) is 2.87. The highest BCUT2D eigenvalue weighted by Crippen LogP contribution is 2.17. The van der Waals surface area contributed by atoms with Gasteiger partial charge in [0.25, 0.3) is 0 Å². The summed E-state index contributed by atoms with van der Waals surface area (Å²) in [6, 6.07) is 8.03. The van der Waals surface area contributed by atoms with Crippen molar-refractivity contribution in [2.45, 2.75) is 20.4 Å². The molecule has 0 aromatic carbocycles. The summed E-state index contributed by atoms with van der Waals surface area (Å²) >= 11 is 0. The van der Waals surface area contributed by atoms with Gasteiger partial charge in [0, 0.05) is 12.7 Å². The molecule has 94 valence electrons. The van der Waals surface area contributed by atoms with E-state index in [0.29, 0.717) is 0 Å². The van der Waals surface area contributed by atoms with Gasteiger partial charge in [-0.15, -0.1) is 0 Å². The number of anilines is 2. The molecule has 4 nitrogen and oxygen atoms in total. The van der Waals surface area contributed by atoms with Crippen LogP contribution in [0.25, 0.3) is 0 Å². The number of hydrogen-bond acceptors (Lipinski definition) is 4. The number of pyridine rings is 2. The number of nitrogens with two attached hydrogens (primary N) is 1. The molecule has 0 spiro atoms. The Labute approximate surface area is 107 Å². The summed E-state index contributed by atoms with van der Waals surface area (Å²) in [7, 11) is 2.00. The lowest BCUT2D eigenvalue weighted by Crippen LogP contribution is -2.18. The minimum atomic E-state index is 0.723. The predicted octanol–water partition coefficient (Wildman–Crippen LogP) is 2.31. The number of aryl methyl sites for hydroxylation is 2. The van der Waals surface area contributed by atoms with E-state index in [4.69, 9.17) is 5.73 Å². The van der Waals surface area contributed by atoms with Crippen LogP contribution in [0.5, 0.6) is 0 Å². The first kappa shape index (κ1) is 12.4. The summed E-state index contributed by atoms with van der Waals surface area (Å²) in [6.45, 7) is 4.71. The molecule has 2 aromatic rings. The van der Waals surface area contributed by atoms with Gasteiger partial charge in [-0.2, -0.15) is 0 Å². The first-order valence-corrected chi connectivity index (χ1v) is 5.92. The molecule has 0 bridgehead atoms. The minimum absolute atomic E-state index is 0.723. The lowest BCUT2D eigenvalue weighted by Gasteiger charge is -2.18. The second kappa shape index (κ2) is 5.04. The number of nitrogens with zero attached hydrogens (tertiary/aromatic N) is 3. The lowest BCUT2D eigenvalue weighted by atomic mass is 10.2. The fraction of sp³-hybridized carbons (Fsp3) is 0.286. The Bertz CT molecular complexity index is 551. The van der Waals surface area contributed by atoms with E-state index in [1.165, 1.54) is 0 Å². The van der Waals surface area contributed by atoms with Gasteiger partial charge in [0.1, 0.15) is 5.82 Å². The zero-order chi connectivity index (χ0) is 13.1. The Morgan fingerprint density at radius 3 is 2.72 bits per heavy atom. The highest BCUT2D eigenvalue weighted by Gasteiger charge is 2.06. The second-order valence-corrected chi connectivity index (χ2v) is 4.53. The van der Waals surface area contributed by atoms with Crippen molar-refractivity contribution in [3.05, 3.63) is 47.4 Å². The third-order valence-corrected chi connectivity index (χ3v) is 2.87. The van der Waals surface area contributed by atoms with Crippen LogP contribution >= 0.6 is 0 Å². The molecule has 0 fully saturated rings. The molecule has 0 saturated heterocycles. The fourth-order valence-electron chi connectivity index (χ4n) is 1.77. The Morgan fingerprint density at radius 2 is 2.06 bits per heavy atom. The normalized spacial score (nSPS) is 10.4. The second-order valence-electron chi connectivity index (χ2n) is 4.53. The average Bonchev–Trinajstić information content (AvgIpc) is 2.32. The zero-order valence-corrected chi connectivity index (χ0v) is 11.0. The molecular weight excluding hydrogens is 224 g/mol. The fourth-order valence-corrected chi connectivity index (χ4v) is 1.77. The number of hydrogen-bond donors (Lipinski definition) is 1. The maximum absolute atomic E-state index is 5.77. The van der Waals surface area contributed by atoms with Crippen LogP contribution in [0.4, 0.5) is 11.5 Å². The van der Waals surface area contributed by atoms with Crippen molar-refractivity contribution in [2.24, 2.45) is 0 Å². The van der Waals surface area contributed by atoms with E-state index in [9.17, 15) is 0 Å². The Kier molecular flexibility index (Phi) is 3.46. The van der Waals surface area contributed by atoms with E-state index in [-0.39, 0.29) is 0 Å². The van der Waals surface area contributed by atoms with Gasteiger partial charge in [0.15, 0.2) is 0 Å². The monoisotopic (exact) mass is 242 g/mol. The highest BCUT2D eigenvalue weighted by atomic mass is 15.2. The van der Waals surface area contributed by atoms with Crippen molar-refractivity contribution in [3.8, 4) is 0 Å². The van der Waals surface area contributed by atoms with Gasteiger partial charge in [-0.05, 0) is 37.6 Å². The van der Waals surface area contributed by atoms with Crippen molar-refractivity contribution >= 4 is 11.5 Å². The van der Waals surface area contributed by atoms with Gasteiger partial charge in [0.05, 0.1) is 24.1 Å². The molecule has 0 amide bonds. The van der Waals surface area contributed by atoms with Crippen LogP contribution in [-0.2, 0) is 6.54 Å². The van der Waals surface area contributed by atoms with E-state index in [1.807, 2.05) is 45.2 Å². The van der Waals surface area contributed by atoms with E-state index in [1.54, 1.807) is 6.20 Å². The van der Waals surface area contributed by atoms with Crippen molar-refractivity contribution in [3.63, 3.8) is 0 Å². The molecule has 2 heterocycles. The number of rotatable bonds is 3. The largest absolute Gasteiger partial charge is 0.397 e. The van der Waals surface area contributed by atoms with Crippen molar-refractivity contribution in [2.75, 3.05) is 17.7 Å². The highest BCUT2D eigenvalue weighted by molar-refractivity contribution is 5.51. The van der Waals surface area contributed by atoms with Crippen molar-refractivity contribution < 1.29 is 0 Å². The summed E-state index contributed by atoms with van der Waals surface area (Å²) in [5.74, 6) is 0.907. The molecular formula is C14H18N4. The molecule has 0 aliphatic heterocycles. The molecule has 0 aliphatic rings. The Balaban J connectivity index is 2.16. The topological polar surface area (TPSA) is 55.0 Å². The van der Waals surface area contributed by atoms with Crippen LogP contribution in [0.1, 0.15) is 17.0 Å². The van der Waals surface area contributed by atoms with Gasteiger partial charge < -0.3 is 10.6 Å². The van der Waals surface area contributed by atoms with Crippen molar-refractivity contribution in [1.82, 2.24) is 9.97 Å². The third kappa shape index (κ3) is 2.77. The smallest absolute Gasteiger partial charge is 0.128 e. The molecule has 0 unspecified atom stereocenters. The summed E-state index contributed by atoms with van der Waals surface area (Å²) < 4.78 is 0. The Morgan fingerprint density at radius 1 is 1.28 bits per heavy atom. The van der Waals surface area contributed by atoms with Gasteiger partial charge in [-0.3, -0.25) is 4.98 Å². The van der Waals surface area contributed by atoms with Crippen LogP contribution in [0.3, 0.4) is 0 Å². The minimum Gasteiger partial charge on any atom is -0.397 e. The van der Waals surface area contributed by atoms with E-state index in [2.05, 4.69) is 14.9 Å². The lowest BCUT2D eigenvalue weighted by molar-refractivity contribution is 0.858. The number of aromatic nitrogens is 2. The maximum atomic E-state index is 5.77. The van der Waals surface area contributed by atoms with Crippen LogP contribution in [-0.4, -0.2) is 17.0 Å². The molecule has 2 aromatic heterocycles. The molecule has 0 radical (unpaired) electrons. The molecule has 2 rings (SSSR count). The predicted molar refractivity (Wildman–Crippen MR) is 74.5 cm³/mol. The summed E-state index contributed by atoms with van der Waals surface area (Å²) in [4.78, 5) is 10.9. The molecule has 0 aliphatic carbocycles. The summed E-state index contributed by atoms with van der Waals surface area (Å²) in [5.41, 5.74) is 9.60. The van der Waals surface area contributed by atoms with Gasteiger partial charge in [0.2, 0.25) is 0 Å². The van der Waals surface area contributed by atoms with Crippen LogP contribution < -0.4 is 10.6 Å². The first-order chi connectivity index (χ1) is 8.56. The van der Waals surface area contributed by atoms with Gasteiger partial charge in [-0.25, -0.2) is 4.98 Å². The van der Waals surface area contributed by atoms with E-state index >= 15 is 0 Å². The zero-order valence-electron chi connectivity index (χ0n) is 11.0. The molecule has 0 atom stereocenters. The quantitative estimate of drug-likeness (QED) is 0.897. The molecule has 4 heteroatoms. The van der Waals surface area contributed by atoms with E-state index in [0.717, 1.165) is 35.0 Å².